The Morgan fingerprint density at radius 1 is 1.48 bits per heavy atom. The normalized spacial score (nSPS) is 19.7. The van der Waals surface area contributed by atoms with E-state index in [-0.39, 0.29) is 5.97 Å². The molecule has 1 aliphatic rings. The number of carbonyl (C=O) groups excluding carboxylic acids is 1. The summed E-state index contributed by atoms with van der Waals surface area (Å²) in [5.41, 5.74) is 1.44. The Morgan fingerprint density at radius 2 is 2.29 bits per heavy atom. The van der Waals surface area contributed by atoms with Gasteiger partial charge in [0.25, 0.3) is 0 Å². The Kier molecular flexibility index (Phi) is 5.76. The molecule has 118 valence electrons. The topological polar surface area (TPSA) is 59.4 Å². The van der Waals surface area contributed by atoms with Crippen molar-refractivity contribution >= 4 is 5.97 Å². The van der Waals surface area contributed by atoms with Crippen LogP contribution in [0.15, 0.2) is 6.20 Å². The highest BCUT2D eigenvalue weighted by Crippen LogP contribution is 2.14. The number of likely N-dealkylation sites (N-methyl/N-ethyl adjacent to an activating group) is 1. The van der Waals surface area contributed by atoms with Crippen molar-refractivity contribution in [2.45, 2.75) is 38.8 Å². The standard InChI is InChI=1S/C15H26N4O2/c1-4-21-15(20)13-10-17-19(3)14(13)11-16-9-12-7-5-6-8-18(12)2/h10,12,16H,4-9,11H2,1-3H3. The van der Waals surface area contributed by atoms with Gasteiger partial charge in [-0.1, -0.05) is 6.42 Å². The second kappa shape index (κ2) is 7.56. The van der Waals surface area contributed by atoms with E-state index in [9.17, 15) is 4.79 Å². The van der Waals surface area contributed by atoms with Crippen molar-refractivity contribution in [2.75, 3.05) is 26.7 Å². The van der Waals surface area contributed by atoms with Gasteiger partial charge in [-0.25, -0.2) is 4.79 Å². The van der Waals surface area contributed by atoms with Crippen LogP contribution in [0.3, 0.4) is 0 Å². The third-order valence-corrected chi connectivity index (χ3v) is 4.15. The fraction of sp³-hybridized carbons (Fsp3) is 0.733. The van der Waals surface area contributed by atoms with Crippen LogP contribution in [-0.2, 0) is 18.3 Å². The van der Waals surface area contributed by atoms with Gasteiger partial charge in [-0.3, -0.25) is 4.68 Å². The first-order valence-electron chi connectivity index (χ1n) is 7.72. The summed E-state index contributed by atoms with van der Waals surface area (Å²) in [6.07, 6.45) is 5.42. The summed E-state index contributed by atoms with van der Waals surface area (Å²) in [6, 6.07) is 0.582. The molecule has 1 aromatic heterocycles. The van der Waals surface area contributed by atoms with Crippen LogP contribution in [0.5, 0.6) is 0 Å². The molecule has 0 saturated carbocycles. The fourth-order valence-electron chi connectivity index (χ4n) is 2.81. The molecule has 1 atom stereocenters. The molecular weight excluding hydrogens is 268 g/mol. The Morgan fingerprint density at radius 3 is 3.00 bits per heavy atom. The average Bonchev–Trinajstić information content (AvgIpc) is 2.83. The van der Waals surface area contributed by atoms with Crippen molar-refractivity contribution < 1.29 is 9.53 Å². The minimum absolute atomic E-state index is 0.294. The fourth-order valence-corrected chi connectivity index (χ4v) is 2.81. The molecule has 6 nitrogen and oxygen atoms in total. The van der Waals surface area contributed by atoms with E-state index < -0.39 is 0 Å². The highest BCUT2D eigenvalue weighted by Gasteiger charge is 2.20. The van der Waals surface area contributed by atoms with Gasteiger partial charge in [-0.15, -0.1) is 0 Å². The van der Waals surface area contributed by atoms with Crippen molar-refractivity contribution in [3.63, 3.8) is 0 Å². The van der Waals surface area contributed by atoms with E-state index in [1.165, 1.54) is 25.8 Å². The van der Waals surface area contributed by atoms with Crippen LogP contribution in [0.25, 0.3) is 0 Å². The first-order chi connectivity index (χ1) is 10.1. The Balaban J connectivity index is 1.90. The molecule has 0 aliphatic carbocycles. The number of aryl methyl sites for hydroxylation is 1. The van der Waals surface area contributed by atoms with E-state index in [0.717, 1.165) is 12.2 Å². The summed E-state index contributed by atoms with van der Waals surface area (Å²) in [5.74, 6) is -0.294. The molecule has 0 amide bonds. The van der Waals surface area contributed by atoms with E-state index in [4.69, 9.17) is 4.74 Å². The smallest absolute Gasteiger partial charge is 0.341 e. The molecule has 2 rings (SSSR count). The summed E-state index contributed by atoms with van der Waals surface area (Å²) in [7, 11) is 4.03. The monoisotopic (exact) mass is 294 g/mol. The zero-order valence-corrected chi connectivity index (χ0v) is 13.3. The van der Waals surface area contributed by atoms with Gasteiger partial charge in [0.15, 0.2) is 0 Å². The van der Waals surface area contributed by atoms with Gasteiger partial charge in [0.2, 0.25) is 0 Å². The zero-order valence-electron chi connectivity index (χ0n) is 13.3. The number of esters is 1. The van der Waals surface area contributed by atoms with Crippen LogP contribution in [0, 0.1) is 0 Å². The van der Waals surface area contributed by atoms with Gasteiger partial charge in [0, 0.05) is 26.2 Å². The van der Waals surface area contributed by atoms with E-state index >= 15 is 0 Å². The van der Waals surface area contributed by atoms with Gasteiger partial charge in [0.1, 0.15) is 5.56 Å². The molecule has 0 radical (unpaired) electrons. The van der Waals surface area contributed by atoms with Crippen LogP contribution in [0.2, 0.25) is 0 Å². The molecule has 0 aromatic carbocycles. The third-order valence-electron chi connectivity index (χ3n) is 4.15. The van der Waals surface area contributed by atoms with Crippen LogP contribution >= 0.6 is 0 Å². The van der Waals surface area contributed by atoms with Crippen molar-refractivity contribution in [3.8, 4) is 0 Å². The number of rotatable bonds is 6. The maximum absolute atomic E-state index is 11.9. The summed E-state index contributed by atoms with van der Waals surface area (Å²) < 4.78 is 6.81. The van der Waals surface area contributed by atoms with Crippen molar-refractivity contribution in [1.82, 2.24) is 20.0 Å². The van der Waals surface area contributed by atoms with E-state index in [1.807, 2.05) is 14.0 Å². The lowest BCUT2D eigenvalue weighted by molar-refractivity contribution is 0.0524. The first kappa shape index (κ1) is 16.0. The average molecular weight is 294 g/mol. The molecular formula is C15H26N4O2. The summed E-state index contributed by atoms with van der Waals surface area (Å²) >= 11 is 0. The maximum Gasteiger partial charge on any atom is 0.341 e. The third kappa shape index (κ3) is 4.04. The van der Waals surface area contributed by atoms with Crippen molar-refractivity contribution in [3.05, 3.63) is 17.5 Å². The van der Waals surface area contributed by atoms with Gasteiger partial charge in [0.05, 0.1) is 18.5 Å². The van der Waals surface area contributed by atoms with Gasteiger partial charge in [-0.05, 0) is 33.4 Å². The summed E-state index contributed by atoms with van der Waals surface area (Å²) in [6.45, 7) is 4.93. The van der Waals surface area contributed by atoms with Crippen LogP contribution in [-0.4, -0.2) is 53.4 Å². The molecule has 0 bridgehead atoms. The molecule has 2 heterocycles. The van der Waals surface area contributed by atoms with E-state index in [0.29, 0.717) is 24.8 Å². The molecule has 0 spiro atoms. The Labute approximate surface area is 126 Å². The molecule has 1 aliphatic heterocycles. The zero-order chi connectivity index (χ0) is 15.2. The number of piperidine rings is 1. The van der Waals surface area contributed by atoms with Crippen molar-refractivity contribution in [2.24, 2.45) is 7.05 Å². The lowest BCUT2D eigenvalue weighted by Gasteiger charge is -2.32. The molecule has 1 aromatic rings. The minimum Gasteiger partial charge on any atom is -0.462 e. The number of hydrogen-bond donors (Lipinski definition) is 1. The maximum atomic E-state index is 11.9. The highest BCUT2D eigenvalue weighted by molar-refractivity contribution is 5.90. The molecule has 1 N–H and O–H groups in total. The first-order valence-corrected chi connectivity index (χ1v) is 7.72. The lowest BCUT2D eigenvalue weighted by atomic mass is 10.0. The number of nitrogens with one attached hydrogen (secondary N) is 1. The molecule has 1 unspecified atom stereocenters. The molecule has 21 heavy (non-hydrogen) atoms. The van der Waals surface area contributed by atoms with Gasteiger partial charge >= 0.3 is 5.97 Å². The van der Waals surface area contributed by atoms with Gasteiger partial charge < -0.3 is 15.0 Å². The molecule has 1 fully saturated rings. The summed E-state index contributed by atoms with van der Waals surface area (Å²) in [5, 5.41) is 7.62. The predicted octanol–water partition coefficient (Wildman–Crippen LogP) is 1.17. The highest BCUT2D eigenvalue weighted by atomic mass is 16.5. The van der Waals surface area contributed by atoms with Gasteiger partial charge in [-0.2, -0.15) is 5.10 Å². The lowest BCUT2D eigenvalue weighted by Crippen LogP contribution is -2.43. The number of ether oxygens (including phenoxy) is 1. The van der Waals surface area contributed by atoms with Crippen LogP contribution < -0.4 is 5.32 Å². The number of hydrogen-bond acceptors (Lipinski definition) is 5. The quantitative estimate of drug-likeness (QED) is 0.798. The Bertz CT molecular complexity index is 472. The van der Waals surface area contributed by atoms with Crippen molar-refractivity contribution in [1.29, 1.82) is 0 Å². The second-order valence-corrected chi connectivity index (χ2v) is 5.61. The second-order valence-electron chi connectivity index (χ2n) is 5.61. The predicted molar refractivity (Wildman–Crippen MR) is 81.1 cm³/mol. The SMILES string of the molecule is CCOC(=O)c1cnn(C)c1CNCC1CCCCN1C. The number of likely N-dealkylation sites (tertiary alicyclic amines) is 1. The number of aromatic nitrogens is 2. The van der Waals surface area contributed by atoms with Crippen LogP contribution in [0.1, 0.15) is 42.2 Å². The number of carbonyl (C=O) groups is 1. The molecule has 6 heteroatoms. The Hall–Kier alpha value is -1.40. The molecule has 1 saturated heterocycles. The van der Waals surface area contributed by atoms with Crippen LogP contribution in [0.4, 0.5) is 0 Å². The van der Waals surface area contributed by atoms with E-state index in [1.54, 1.807) is 10.9 Å². The largest absolute Gasteiger partial charge is 0.462 e. The summed E-state index contributed by atoms with van der Waals surface area (Å²) in [4.78, 5) is 14.3. The number of nitrogens with zero attached hydrogens (tertiary/aromatic N) is 3. The van der Waals surface area contributed by atoms with E-state index in [2.05, 4.69) is 22.4 Å². The minimum atomic E-state index is -0.294.